The maximum atomic E-state index is 12.7. The Kier molecular flexibility index (Phi) is 4.93. The number of likely N-dealkylation sites (tertiary alicyclic amines) is 1. The van der Waals surface area contributed by atoms with Gasteiger partial charge in [-0.25, -0.2) is 4.98 Å². The maximum absolute atomic E-state index is 12.7. The Balaban J connectivity index is 1.76. The number of ether oxygens (including phenoxy) is 1. The Morgan fingerprint density at radius 3 is 3.04 bits per heavy atom. The van der Waals surface area contributed by atoms with E-state index in [2.05, 4.69) is 11.1 Å². The summed E-state index contributed by atoms with van der Waals surface area (Å²) in [6.45, 7) is 1.16. The zero-order valence-electron chi connectivity index (χ0n) is 13.2. The van der Waals surface area contributed by atoms with Crippen molar-refractivity contribution in [3.05, 3.63) is 45.9 Å². The van der Waals surface area contributed by atoms with Gasteiger partial charge in [0.1, 0.15) is 16.5 Å². The van der Waals surface area contributed by atoms with Gasteiger partial charge in [0.25, 0.3) is 5.91 Å². The number of thiazole rings is 1. The predicted molar refractivity (Wildman–Crippen MR) is 90.8 cm³/mol. The van der Waals surface area contributed by atoms with Gasteiger partial charge in [-0.3, -0.25) is 4.79 Å². The third-order valence-corrected chi connectivity index (χ3v) is 5.10. The average molecular weight is 331 g/mol. The number of carbonyl (C=O) groups excluding carboxylic acids is 1. The van der Waals surface area contributed by atoms with Crippen molar-refractivity contribution in [3.63, 3.8) is 0 Å². The highest BCUT2D eigenvalue weighted by Crippen LogP contribution is 2.27. The summed E-state index contributed by atoms with van der Waals surface area (Å²) in [7, 11) is 1.68. The number of aromatic nitrogens is 1. The van der Waals surface area contributed by atoms with E-state index < -0.39 is 0 Å². The van der Waals surface area contributed by atoms with Gasteiger partial charge in [0.2, 0.25) is 0 Å². The third kappa shape index (κ3) is 3.38. The van der Waals surface area contributed by atoms with E-state index in [4.69, 9.17) is 10.5 Å². The zero-order chi connectivity index (χ0) is 16.2. The lowest BCUT2D eigenvalue weighted by molar-refractivity contribution is 0.0730. The molecule has 2 N–H and O–H groups in total. The maximum Gasteiger partial charge on any atom is 0.273 e. The first kappa shape index (κ1) is 16.0. The van der Waals surface area contributed by atoms with Gasteiger partial charge in [-0.1, -0.05) is 18.2 Å². The van der Waals surface area contributed by atoms with Crippen LogP contribution in [-0.4, -0.2) is 35.5 Å². The van der Waals surface area contributed by atoms with E-state index >= 15 is 0 Å². The fourth-order valence-electron chi connectivity index (χ4n) is 3.09. The van der Waals surface area contributed by atoms with Crippen molar-refractivity contribution in [1.82, 2.24) is 9.88 Å². The fraction of sp³-hybridized carbons (Fsp3) is 0.412. The zero-order valence-corrected chi connectivity index (χ0v) is 14.0. The largest absolute Gasteiger partial charge is 0.496 e. The summed E-state index contributed by atoms with van der Waals surface area (Å²) in [6, 6.07) is 8.19. The Morgan fingerprint density at radius 1 is 1.48 bits per heavy atom. The second kappa shape index (κ2) is 7.10. The molecule has 0 saturated carbocycles. The van der Waals surface area contributed by atoms with Crippen LogP contribution in [0.1, 0.15) is 33.9 Å². The molecule has 0 aliphatic carbocycles. The number of amides is 1. The SMILES string of the molecule is COc1ccccc1CC1CCCN1C(=O)c1csc(CN)n1. The number of hydrogen-bond donors (Lipinski definition) is 1. The molecule has 1 aromatic heterocycles. The minimum atomic E-state index is 0.0124. The van der Waals surface area contributed by atoms with E-state index in [0.717, 1.165) is 42.1 Å². The summed E-state index contributed by atoms with van der Waals surface area (Å²) in [6.07, 6.45) is 2.85. The van der Waals surface area contributed by atoms with Crippen molar-refractivity contribution < 1.29 is 9.53 Å². The molecule has 3 rings (SSSR count). The van der Waals surface area contributed by atoms with Crippen LogP contribution < -0.4 is 10.5 Å². The van der Waals surface area contributed by atoms with Gasteiger partial charge >= 0.3 is 0 Å². The van der Waals surface area contributed by atoms with Crippen LogP contribution in [-0.2, 0) is 13.0 Å². The van der Waals surface area contributed by atoms with Gasteiger partial charge in [-0.05, 0) is 30.9 Å². The number of hydrogen-bond acceptors (Lipinski definition) is 5. The van der Waals surface area contributed by atoms with Gasteiger partial charge in [0.05, 0.1) is 7.11 Å². The summed E-state index contributed by atoms with van der Waals surface area (Å²) in [5, 5.41) is 2.61. The normalized spacial score (nSPS) is 17.5. The summed E-state index contributed by atoms with van der Waals surface area (Å²) < 4.78 is 5.43. The molecule has 1 amide bonds. The summed E-state index contributed by atoms with van der Waals surface area (Å²) in [5.41, 5.74) is 7.24. The van der Waals surface area contributed by atoms with E-state index in [-0.39, 0.29) is 11.9 Å². The lowest BCUT2D eigenvalue weighted by Gasteiger charge is -2.24. The Labute approximate surface area is 140 Å². The topological polar surface area (TPSA) is 68.5 Å². The molecule has 6 heteroatoms. The molecule has 1 unspecified atom stereocenters. The number of carbonyl (C=O) groups is 1. The van der Waals surface area contributed by atoms with E-state index in [1.165, 1.54) is 11.3 Å². The molecular formula is C17H21N3O2S. The lowest BCUT2D eigenvalue weighted by atomic mass is 10.0. The summed E-state index contributed by atoms with van der Waals surface area (Å²) in [5.74, 6) is 0.893. The molecule has 1 fully saturated rings. The van der Waals surface area contributed by atoms with E-state index in [1.54, 1.807) is 7.11 Å². The lowest BCUT2D eigenvalue weighted by Crippen LogP contribution is -2.37. The first-order valence-electron chi connectivity index (χ1n) is 7.80. The van der Waals surface area contributed by atoms with E-state index in [9.17, 15) is 4.79 Å². The molecule has 0 radical (unpaired) electrons. The van der Waals surface area contributed by atoms with Crippen LogP contribution in [0.3, 0.4) is 0 Å². The van der Waals surface area contributed by atoms with Crippen LogP contribution in [0.5, 0.6) is 5.75 Å². The van der Waals surface area contributed by atoms with Crippen molar-refractivity contribution in [3.8, 4) is 5.75 Å². The number of nitrogens with zero attached hydrogens (tertiary/aromatic N) is 2. The Bertz CT molecular complexity index is 686. The van der Waals surface area contributed by atoms with Crippen LogP contribution in [0.25, 0.3) is 0 Å². The van der Waals surface area contributed by atoms with Crippen LogP contribution in [0, 0.1) is 0 Å². The minimum absolute atomic E-state index is 0.0124. The molecule has 2 heterocycles. The number of nitrogens with two attached hydrogens (primary N) is 1. The first-order chi connectivity index (χ1) is 11.2. The molecule has 0 spiro atoms. The molecule has 1 saturated heterocycles. The molecule has 1 aromatic carbocycles. The monoisotopic (exact) mass is 331 g/mol. The number of para-hydroxylation sites is 1. The molecule has 23 heavy (non-hydrogen) atoms. The minimum Gasteiger partial charge on any atom is -0.496 e. The third-order valence-electron chi connectivity index (χ3n) is 4.23. The van der Waals surface area contributed by atoms with Gasteiger partial charge in [-0.2, -0.15) is 0 Å². The van der Waals surface area contributed by atoms with Gasteiger partial charge in [0.15, 0.2) is 0 Å². The molecule has 0 bridgehead atoms. The highest BCUT2D eigenvalue weighted by Gasteiger charge is 2.31. The quantitative estimate of drug-likeness (QED) is 0.914. The molecule has 1 aliphatic rings. The summed E-state index contributed by atoms with van der Waals surface area (Å²) >= 11 is 1.44. The smallest absolute Gasteiger partial charge is 0.273 e. The second-order valence-corrected chi connectivity index (χ2v) is 6.58. The first-order valence-corrected chi connectivity index (χ1v) is 8.68. The average Bonchev–Trinajstić information content (AvgIpc) is 3.24. The number of benzene rings is 1. The molecule has 1 aliphatic heterocycles. The van der Waals surface area contributed by atoms with Crippen molar-refractivity contribution in [2.45, 2.75) is 31.8 Å². The van der Waals surface area contributed by atoms with E-state index in [0.29, 0.717) is 12.2 Å². The Morgan fingerprint density at radius 2 is 2.30 bits per heavy atom. The van der Waals surface area contributed by atoms with Crippen LogP contribution in [0.15, 0.2) is 29.6 Å². The summed E-state index contributed by atoms with van der Waals surface area (Å²) in [4.78, 5) is 19.0. The van der Waals surface area contributed by atoms with Crippen LogP contribution >= 0.6 is 11.3 Å². The van der Waals surface area contributed by atoms with Crippen molar-refractivity contribution in [2.24, 2.45) is 5.73 Å². The molecule has 5 nitrogen and oxygen atoms in total. The predicted octanol–water partition coefficient (Wildman–Crippen LogP) is 2.46. The Hall–Kier alpha value is -1.92. The molecular weight excluding hydrogens is 310 g/mol. The van der Waals surface area contributed by atoms with Gasteiger partial charge < -0.3 is 15.4 Å². The standard InChI is InChI=1S/C17H21N3O2S/c1-22-15-7-3-2-5-12(15)9-13-6-4-8-20(13)17(21)14-11-23-16(10-18)19-14/h2-3,5,7,11,13H,4,6,8-10,18H2,1H3. The van der Waals surface area contributed by atoms with Crippen LogP contribution in [0.2, 0.25) is 0 Å². The number of methoxy groups -OCH3 is 1. The molecule has 122 valence electrons. The van der Waals surface area contributed by atoms with Crippen LogP contribution in [0.4, 0.5) is 0 Å². The highest BCUT2D eigenvalue weighted by atomic mass is 32.1. The van der Waals surface area contributed by atoms with Crippen molar-refractivity contribution in [1.29, 1.82) is 0 Å². The highest BCUT2D eigenvalue weighted by molar-refractivity contribution is 7.09. The molecule has 2 aromatic rings. The van der Waals surface area contributed by atoms with Gasteiger partial charge in [-0.15, -0.1) is 11.3 Å². The molecule has 1 atom stereocenters. The van der Waals surface area contributed by atoms with Crippen molar-refractivity contribution in [2.75, 3.05) is 13.7 Å². The second-order valence-electron chi connectivity index (χ2n) is 5.64. The van der Waals surface area contributed by atoms with Crippen molar-refractivity contribution >= 4 is 17.2 Å². The van der Waals surface area contributed by atoms with Gasteiger partial charge in [0, 0.05) is 24.5 Å². The number of rotatable bonds is 5. The van der Waals surface area contributed by atoms with E-state index in [1.807, 2.05) is 28.5 Å². The fourth-order valence-corrected chi connectivity index (χ4v) is 3.74.